The van der Waals surface area contributed by atoms with Crippen molar-refractivity contribution in [3.8, 4) is 5.75 Å². The van der Waals surface area contributed by atoms with E-state index in [0.717, 1.165) is 11.8 Å². The molecular formula is C17H21NO5. The van der Waals surface area contributed by atoms with Crippen LogP contribution in [0.4, 0.5) is 0 Å². The summed E-state index contributed by atoms with van der Waals surface area (Å²) < 4.78 is 15.9. The molecule has 0 radical (unpaired) electrons. The maximum atomic E-state index is 12.3. The largest absolute Gasteiger partial charge is 0.497 e. The topological polar surface area (TPSA) is 77.8 Å². The summed E-state index contributed by atoms with van der Waals surface area (Å²) in [4.78, 5) is 24.0. The van der Waals surface area contributed by atoms with E-state index in [2.05, 4.69) is 5.32 Å². The average Bonchev–Trinajstić information content (AvgIpc) is 2.88. The fourth-order valence-electron chi connectivity index (χ4n) is 2.18. The molecule has 6 nitrogen and oxygen atoms in total. The van der Waals surface area contributed by atoms with Crippen LogP contribution in [0, 0.1) is 6.92 Å². The summed E-state index contributed by atoms with van der Waals surface area (Å²) in [7, 11) is 1.57. The number of ether oxygens (including phenoxy) is 2. The molecule has 0 saturated heterocycles. The van der Waals surface area contributed by atoms with Crippen LogP contribution >= 0.6 is 0 Å². The highest BCUT2D eigenvalue weighted by molar-refractivity contribution is 5.97. The molecule has 6 heteroatoms. The first-order valence-corrected chi connectivity index (χ1v) is 7.53. The summed E-state index contributed by atoms with van der Waals surface area (Å²) >= 11 is 0. The Morgan fingerprint density at radius 1 is 1.35 bits per heavy atom. The first kappa shape index (κ1) is 16.9. The summed E-state index contributed by atoms with van der Waals surface area (Å²) in [6, 6.07) is 5.28. The van der Waals surface area contributed by atoms with Gasteiger partial charge in [-0.3, -0.25) is 4.79 Å². The Morgan fingerprint density at radius 3 is 2.74 bits per heavy atom. The molecule has 1 heterocycles. The Hall–Kier alpha value is -2.50. The first-order valence-electron chi connectivity index (χ1n) is 7.53. The summed E-state index contributed by atoms with van der Waals surface area (Å²) in [5.41, 5.74) is 1.23. The van der Waals surface area contributed by atoms with Crippen LogP contribution in [0.5, 0.6) is 5.75 Å². The minimum Gasteiger partial charge on any atom is -0.497 e. The van der Waals surface area contributed by atoms with Crippen LogP contribution < -0.4 is 10.1 Å². The van der Waals surface area contributed by atoms with E-state index in [1.807, 2.05) is 6.92 Å². The second-order valence-corrected chi connectivity index (χ2v) is 5.26. The van der Waals surface area contributed by atoms with Gasteiger partial charge in [0.05, 0.1) is 7.11 Å². The monoisotopic (exact) mass is 319 g/mol. The molecule has 2 rings (SSSR count). The second kappa shape index (κ2) is 7.17. The Balaban J connectivity index is 2.18. The number of carbonyl (C=O) groups excluding carboxylic acids is 2. The smallest absolute Gasteiger partial charge is 0.375 e. The summed E-state index contributed by atoms with van der Waals surface area (Å²) in [5.74, 6) is -0.204. The molecule has 0 spiro atoms. The molecule has 1 N–H and O–H groups in total. The number of amides is 1. The number of rotatable bonds is 6. The number of methoxy groups -OCH3 is 1. The highest BCUT2D eigenvalue weighted by Crippen LogP contribution is 2.29. The molecule has 0 bridgehead atoms. The average molecular weight is 319 g/mol. The maximum absolute atomic E-state index is 12.3. The van der Waals surface area contributed by atoms with Crippen LogP contribution in [0.3, 0.4) is 0 Å². The van der Waals surface area contributed by atoms with Crippen LogP contribution in [-0.2, 0) is 9.53 Å². The second-order valence-electron chi connectivity index (χ2n) is 5.26. The van der Waals surface area contributed by atoms with Crippen LogP contribution in [0.2, 0.25) is 0 Å². The quantitative estimate of drug-likeness (QED) is 0.828. The number of hydrogen-bond donors (Lipinski definition) is 1. The predicted molar refractivity (Wildman–Crippen MR) is 85.7 cm³/mol. The van der Waals surface area contributed by atoms with Gasteiger partial charge in [-0.2, -0.15) is 0 Å². The van der Waals surface area contributed by atoms with Crippen LogP contribution in [-0.4, -0.2) is 31.6 Å². The van der Waals surface area contributed by atoms with Crippen LogP contribution in [0.1, 0.15) is 36.4 Å². The number of esters is 1. The molecule has 124 valence electrons. The minimum atomic E-state index is -0.879. The lowest BCUT2D eigenvalue weighted by Gasteiger charge is -2.12. The van der Waals surface area contributed by atoms with E-state index < -0.39 is 12.1 Å². The normalized spacial score (nSPS) is 12.0. The Morgan fingerprint density at radius 2 is 2.09 bits per heavy atom. The Labute approximate surface area is 134 Å². The number of benzene rings is 1. The van der Waals surface area contributed by atoms with E-state index in [1.165, 1.54) is 6.92 Å². The number of carbonyl (C=O) groups is 2. The molecule has 1 aromatic carbocycles. The number of furan rings is 1. The van der Waals surface area contributed by atoms with Gasteiger partial charge in [-0.15, -0.1) is 0 Å². The highest BCUT2D eigenvalue weighted by atomic mass is 16.6. The fraction of sp³-hybridized carbons (Fsp3) is 0.412. The van der Waals surface area contributed by atoms with Crippen molar-refractivity contribution in [2.45, 2.75) is 33.3 Å². The van der Waals surface area contributed by atoms with Gasteiger partial charge >= 0.3 is 5.97 Å². The molecule has 1 amide bonds. The zero-order valence-corrected chi connectivity index (χ0v) is 13.8. The van der Waals surface area contributed by atoms with Gasteiger partial charge in [0.1, 0.15) is 11.3 Å². The van der Waals surface area contributed by atoms with Crippen LogP contribution in [0.15, 0.2) is 22.6 Å². The molecule has 0 aliphatic heterocycles. The van der Waals surface area contributed by atoms with E-state index in [0.29, 0.717) is 23.4 Å². The van der Waals surface area contributed by atoms with Crippen LogP contribution in [0.25, 0.3) is 11.0 Å². The summed E-state index contributed by atoms with van der Waals surface area (Å²) in [6.07, 6.45) is -0.0621. The van der Waals surface area contributed by atoms with E-state index in [1.54, 1.807) is 32.2 Å². The van der Waals surface area contributed by atoms with Crippen molar-refractivity contribution < 1.29 is 23.5 Å². The van der Waals surface area contributed by atoms with Gasteiger partial charge in [0.25, 0.3) is 5.91 Å². The number of aryl methyl sites for hydroxylation is 1. The number of hydrogen-bond acceptors (Lipinski definition) is 5. The third kappa shape index (κ3) is 3.64. The van der Waals surface area contributed by atoms with E-state index in [-0.39, 0.29) is 11.7 Å². The lowest BCUT2D eigenvalue weighted by Crippen LogP contribution is -2.36. The van der Waals surface area contributed by atoms with Gasteiger partial charge < -0.3 is 19.2 Å². The lowest BCUT2D eigenvalue weighted by molar-refractivity contribution is -0.129. The molecule has 0 unspecified atom stereocenters. The minimum absolute atomic E-state index is 0.100. The maximum Gasteiger partial charge on any atom is 0.375 e. The standard InChI is InChI=1S/C17H21NO5/c1-5-8-18-16(19)11(3)22-17(20)15-10(2)13-9-12(21-4)6-7-14(13)23-15/h6-7,9,11H,5,8H2,1-4H3,(H,18,19)/t11-/m1/s1. The van der Waals surface area contributed by atoms with Gasteiger partial charge in [0.2, 0.25) is 5.76 Å². The molecule has 0 fully saturated rings. The molecule has 1 aromatic heterocycles. The number of nitrogens with one attached hydrogen (secondary N) is 1. The van der Waals surface area contributed by atoms with Crippen molar-refractivity contribution in [3.63, 3.8) is 0 Å². The fourth-order valence-corrected chi connectivity index (χ4v) is 2.18. The van der Waals surface area contributed by atoms with Crippen molar-refractivity contribution in [1.82, 2.24) is 5.32 Å². The van der Waals surface area contributed by atoms with Gasteiger partial charge in [0, 0.05) is 17.5 Å². The van der Waals surface area contributed by atoms with E-state index in [9.17, 15) is 9.59 Å². The van der Waals surface area contributed by atoms with Gasteiger partial charge in [-0.05, 0) is 38.5 Å². The lowest BCUT2D eigenvalue weighted by atomic mass is 10.1. The SMILES string of the molecule is CCCNC(=O)[C@@H](C)OC(=O)c1oc2ccc(OC)cc2c1C. The third-order valence-electron chi connectivity index (χ3n) is 3.53. The molecule has 0 aliphatic rings. The first-order chi connectivity index (χ1) is 11.0. The van der Waals surface area contributed by atoms with Crippen molar-refractivity contribution in [3.05, 3.63) is 29.5 Å². The van der Waals surface area contributed by atoms with Crippen molar-refractivity contribution in [2.24, 2.45) is 0 Å². The zero-order chi connectivity index (χ0) is 17.0. The zero-order valence-electron chi connectivity index (χ0n) is 13.8. The third-order valence-corrected chi connectivity index (χ3v) is 3.53. The molecule has 0 aliphatic carbocycles. The molecule has 1 atom stereocenters. The van der Waals surface area contributed by atoms with Gasteiger partial charge in [0.15, 0.2) is 6.10 Å². The van der Waals surface area contributed by atoms with Crippen molar-refractivity contribution in [1.29, 1.82) is 0 Å². The van der Waals surface area contributed by atoms with Gasteiger partial charge in [-0.1, -0.05) is 6.92 Å². The molecule has 0 saturated carbocycles. The predicted octanol–water partition coefficient (Wildman–Crippen LogP) is 2.82. The molecule has 23 heavy (non-hydrogen) atoms. The van der Waals surface area contributed by atoms with E-state index >= 15 is 0 Å². The highest BCUT2D eigenvalue weighted by Gasteiger charge is 2.24. The Bertz CT molecular complexity index is 719. The van der Waals surface area contributed by atoms with Gasteiger partial charge in [-0.25, -0.2) is 4.79 Å². The summed E-state index contributed by atoms with van der Waals surface area (Å²) in [5, 5.41) is 3.46. The number of fused-ring (bicyclic) bond motifs is 1. The summed E-state index contributed by atoms with van der Waals surface area (Å²) in [6.45, 7) is 5.79. The Kier molecular flexibility index (Phi) is 5.26. The molecule has 2 aromatic rings. The molecular weight excluding hydrogens is 298 g/mol. The van der Waals surface area contributed by atoms with E-state index in [4.69, 9.17) is 13.9 Å². The van der Waals surface area contributed by atoms with Crippen molar-refractivity contribution in [2.75, 3.05) is 13.7 Å². The van der Waals surface area contributed by atoms with Crippen molar-refractivity contribution >= 4 is 22.8 Å².